The Bertz CT molecular complexity index is 1520. The number of sulfonamides is 1. The minimum atomic E-state index is -3.56. The minimum absolute atomic E-state index is 0.183. The third-order valence-corrected chi connectivity index (χ3v) is 7.67. The highest BCUT2D eigenvalue weighted by atomic mass is 32.2. The standard InChI is InChI=1S/C26H22N2O6S/c29-26(30)23-17-19(27-24-4-2-1-3-22(23)24)7-8-20-9-12-25(34-20)18-5-10-21(11-6-18)35(31,32)28-13-15-33-16-14-28/h1-12,17H,13-16H2,(H,29,30). The lowest BCUT2D eigenvalue weighted by atomic mass is 10.1. The van der Waals surface area contributed by atoms with Crippen molar-refractivity contribution in [3.8, 4) is 11.3 Å². The molecular formula is C26H22N2O6S. The first-order valence-corrected chi connectivity index (χ1v) is 12.5. The lowest BCUT2D eigenvalue weighted by molar-refractivity contribution is 0.0699. The average Bonchev–Trinajstić information content (AvgIpc) is 3.36. The van der Waals surface area contributed by atoms with Crippen LogP contribution in [0.4, 0.5) is 0 Å². The summed E-state index contributed by atoms with van der Waals surface area (Å²) in [5.74, 6) is 0.118. The molecule has 2 aromatic heterocycles. The number of fused-ring (bicyclic) bond motifs is 1. The summed E-state index contributed by atoms with van der Waals surface area (Å²) in [5.41, 5.74) is 2.01. The summed E-state index contributed by atoms with van der Waals surface area (Å²) in [7, 11) is -3.56. The molecule has 1 aliphatic rings. The van der Waals surface area contributed by atoms with E-state index in [9.17, 15) is 18.3 Å². The fourth-order valence-corrected chi connectivity index (χ4v) is 5.36. The van der Waals surface area contributed by atoms with E-state index in [4.69, 9.17) is 9.15 Å². The summed E-state index contributed by atoms with van der Waals surface area (Å²) in [6.45, 7) is 1.48. The van der Waals surface area contributed by atoms with Crippen molar-refractivity contribution in [2.45, 2.75) is 4.90 Å². The maximum atomic E-state index is 12.8. The summed E-state index contributed by atoms with van der Waals surface area (Å²) in [4.78, 5) is 16.4. The zero-order valence-corrected chi connectivity index (χ0v) is 19.4. The molecular weight excluding hydrogens is 468 g/mol. The molecule has 1 fully saturated rings. The number of carbonyl (C=O) groups is 1. The number of nitrogens with zero attached hydrogens (tertiary/aromatic N) is 2. The van der Waals surface area contributed by atoms with Crippen LogP contribution < -0.4 is 0 Å². The molecule has 0 unspecified atom stereocenters. The topological polar surface area (TPSA) is 110 Å². The Morgan fingerprint density at radius 1 is 0.971 bits per heavy atom. The quantitative estimate of drug-likeness (QED) is 0.427. The van der Waals surface area contributed by atoms with E-state index in [1.807, 2.05) is 6.07 Å². The molecule has 1 aliphatic heterocycles. The Morgan fingerprint density at radius 3 is 2.46 bits per heavy atom. The van der Waals surface area contributed by atoms with Crippen molar-refractivity contribution in [3.05, 3.63) is 83.7 Å². The van der Waals surface area contributed by atoms with E-state index < -0.39 is 16.0 Å². The van der Waals surface area contributed by atoms with E-state index in [-0.39, 0.29) is 10.5 Å². The lowest BCUT2D eigenvalue weighted by Crippen LogP contribution is -2.40. The van der Waals surface area contributed by atoms with Gasteiger partial charge in [0.15, 0.2) is 0 Å². The van der Waals surface area contributed by atoms with Gasteiger partial charge >= 0.3 is 5.97 Å². The zero-order chi connectivity index (χ0) is 24.4. The van der Waals surface area contributed by atoms with E-state index in [0.717, 1.165) is 5.56 Å². The van der Waals surface area contributed by atoms with Crippen molar-refractivity contribution in [2.24, 2.45) is 0 Å². The maximum Gasteiger partial charge on any atom is 0.336 e. The van der Waals surface area contributed by atoms with Gasteiger partial charge in [-0.3, -0.25) is 0 Å². The first-order chi connectivity index (χ1) is 16.9. The molecule has 1 saturated heterocycles. The predicted molar refractivity (Wildman–Crippen MR) is 131 cm³/mol. The summed E-state index contributed by atoms with van der Waals surface area (Å²) in [6, 6.07) is 18.8. The second kappa shape index (κ2) is 9.46. The molecule has 0 amide bonds. The number of morpholine rings is 1. The van der Waals surface area contributed by atoms with Gasteiger partial charge in [0.05, 0.1) is 34.9 Å². The van der Waals surface area contributed by atoms with Crippen molar-refractivity contribution in [1.82, 2.24) is 9.29 Å². The molecule has 1 N–H and O–H groups in total. The van der Waals surface area contributed by atoms with Gasteiger partial charge in [-0.15, -0.1) is 0 Å². The van der Waals surface area contributed by atoms with Gasteiger partial charge in [-0.2, -0.15) is 4.31 Å². The number of pyridine rings is 1. The molecule has 2 aromatic carbocycles. The molecule has 8 nitrogen and oxygen atoms in total. The van der Waals surface area contributed by atoms with Gasteiger partial charge in [0.2, 0.25) is 10.0 Å². The number of benzene rings is 2. The van der Waals surface area contributed by atoms with Gasteiger partial charge in [0.1, 0.15) is 11.5 Å². The Balaban J connectivity index is 1.36. The normalized spacial score (nSPS) is 15.1. The van der Waals surface area contributed by atoms with Crippen LogP contribution in [0.15, 0.2) is 76.0 Å². The molecule has 4 aromatic rings. The molecule has 0 saturated carbocycles. The second-order valence-electron chi connectivity index (χ2n) is 7.99. The van der Waals surface area contributed by atoms with Crippen LogP contribution in [0.3, 0.4) is 0 Å². The minimum Gasteiger partial charge on any atom is -0.478 e. The van der Waals surface area contributed by atoms with Crippen LogP contribution in [0.1, 0.15) is 21.8 Å². The summed E-state index contributed by atoms with van der Waals surface area (Å²) in [6.07, 6.45) is 3.41. The van der Waals surface area contributed by atoms with Crippen molar-refractivity contribution < 1.29 is 27.5 Å². The number of rotatable bonds is 6. The predicted octanol–water partition coefficient (Wildman–Crippen LogP) is 4.38. The Hall–Kier alpha value is -3.79. The Kier molecular flexibility index (Phi) is 6.21. The van der Waals surface area contributed by atoms with Crippen LogP contribution >= 0.6 is 0 Å². The number of hydrogen-bond acceptors (Lipinski definition) is 6. The number of aromatic carboxylic acids is 1. The number of carboxylic acid groups (broad SMARTS) is 1. The van der Waals surface area contributed by atoms with E-state index in [1.165, 1.54) is 10.4 Å². The summed E-state index contributed by atoms with van der Waals surface area (Å²) >= 11 is 0. The van der Waals surface area contributed by atoms with E-state index in [1.54, 1.807) is 66.7 Å². The number of aromatic nitrogens is 1. The monoisotopic (exact) mass is 490 g/mol. The molecule has 35 heavy (non-hydrogen) atoms. The first-order valence-electron chi connectivity index (χ1n) is 11.0. The molecule has 0 atom stereocenters. The molecule has 0 spiro atoms. The molecule has 3 heterocycles. The van der Waals surface area contributed by atoms with Gasteiger partial charge in [-0.05, 0) is 60.7 Å². The third-order valence-electron chi connectivity index (χ3n) is 5.76. The zero-order valence-electron chi connectivity index (χ0n) is 18.6. The number of ether oxygens (including phenoxy) is 1. The Morgan fingerprint density at radius 2 is 1.71 bits per heavy atom. The summed E-state index contributed by atoms with van der Waals surface area (Å²) < 4.78 is 38.2. The number of carboxylic acids is 1. The molecule has 0 aliphatic carbocycles. The number of para-hydroxylation sites is 1. The van der Waals surface area contributed by atoms with Crippen LogP contribution in [-0.2, 0) is 14.8 Å². The highest BCUT2D eigenvalue weighted by Crippen LogP contribution is 2.26. The fourth-order valence-electron chi connectivity index (χ4n) is 3.95. The summed E-state index contributed by atoms with van der Waals surface area (Å²) in [5, 5.41) is 10.1. The largest absolute Gasteiger partial charge is 0.478 e. The average molecular weight is 491 g/mol. The lowest BCUT2D eigenvalue weighted by Gasteiger charge is -2.26. The van der Waals surface area contributed by atoms with E-state index >= 15 is 0 Å². The van der Waals surface area contributed by atoms with E-state index in [2.05, 4.69) is 4.98 Å². The van der Waals surface area contributed by atoms with Crippen molar-refractivity contribution in [1.29, 1.82) is 0 Å². The van der Waals surface area contributed by atoms with Gasteiger partial charge in [-0.25, -0.2) is 18.2 Å². The first kappa shape index (κ1) is 23.0. The van der Waals surface area contributed by atoms with Crippen LogP contribution in [-0.4, -0.2) is 55.1 Å². The molecule has 0 radical (unpaired) electrons. The van der Waals surface area contributed by atoms with Crippen molar-refractivity contribution in [3.63, 3.8) is 0 Å². The van der Waals surface area contributed by atoms with Gasteiger partial charge in [-0.1, -0.05) is 18.2 Å². The smallest absolute Gasteiger partial charge is 0.336 e. The highest BCUT2D eigenvalue weighted by molar-refractivity contribution is 7.89. The van der Waals surface area contributed by atoms with Gasteiger partial charge < -0.3 is 14.3 Å². The SMILES string of the molecule is O=C(O)c1cc(C=Cc2ccc(-c3ccc(S(=O)(=O)N4CCOCC4)cc3)o2)nc2ccccc12. The van der Waals surface area contributed by atoms with Crippen molar-refractivity contribution in [2.75, 3.05) is 26.3 Å². The highest BCUT2D eigenvalue weighted by Gasteiger charge is 2.26. The van der Waals surface area contributed by atoms with Crippen LogP contribution in [0.2, 0.25) is 0 Å². The van der Waals surface area contributed by atoms with Crippen LogP contribution in [0.5, 0.6) is 0 Å². The Labute approximate surface area is 202 Å². The van der Waals surface area contributed by atoms with Gasteiger partial charge in [0.25, 0.3) is 0 Å². The molecule has 0 bridgehead atoms. The molecule has 5 rings (SSSR count). The van der Waals surface area contributed by atoms with Crippen molar-refractivity contribution >= 4 is 39.0 Å². The molecule has 178 valence electrons. The maximum absolute atomic E-state index is 12.8. The number of hydrogen-bond donors (Lipinski definition) is 1. The van der Waals surface area contributed by atoms with Gasteiger partial charge in [0, 0.05) is 24.0 Å². The van der Waals surface area contributed by atoms with E-state index in [0.29, 0.717) is 54.4 Å². The third kappa shape index (κ3) is 4.74. The second-order valence-corrected chi connectivity index (χ2v) is 9.93. The van der Waals surface area contributed by atoms with Crippen LogP contribution in [0.25, 0.3) is 34.4 Å². The number of furan rings is 1. The fraction of sp³-hybridized carbons (Fsp3) is 0.154. The molecule has 9 heteroatoms. The van der Waals surface area contributed by atoms with Crippen LogP contribution in [0, 0.1) is 0 Å².